The minimum Gasteiger partial charge on any atom is -0.550 e. The van der Waals surface area contributed by atoms with Crippen LogP contribution in [0.25, 0.3) is 43.6 Å². The maximum absolute atomic E-state index is 13.0. The quantitative estimate of drug-likeness (QED) is 0.0163. The zero-order chi connectivity index (χ0) is 96.1. The number of aliphatic carboxylic acids is 4. The van der Waals surface area contributed by atoms with Gasteiger partial charge in [-0.25, -0.2) is 0 Å². The average molecular weight is 2010 g/mol. The van der Waals surface area contributed by atoms with Crippen molar-refractivity contribution in [2.24, 2.45) is 11.5 Å². The molecule has 8 aromatic carbocycles. The smallest absolute Gasteiger partial charge is 0.550 e. The van der Waals surface area contributed by atoms with Crippen LogP contribution in [0.2, 0.25) is 40.2 Å². The molecule has 703 valence electrons. The third-order valence-corrected chi connectivity index (χ3v) is 23.1. The van der Waals surface area contributed by atoms with Gasteiger partial charge < -0.3 is 102 Å². The molecule has 0 amide bonds. The number of nitrogens with two attached hydrogens (primary N) is 2. The molecule has 12 aromatic rings. The molecule has 0 aliphatic carbocycles. The number of carbonyl (C=O) groups excluding carboxylic acids is 8. The molecule has 1 radical (unpaired) electrons. The molecule has 13 N–H and O–H groups in total. The molecule has 4 aromatic heterocycles. The molecule has 2 saturated heterocycles. The number of aliphatic hydroxyl groups excluding tert-OH is 3. The van der Waals surface area contributed by atoms with Crippen LogP contribution in [0.5, 0.6) is 23.0 Å². The molecular weight excluding hydrogens is 1910 g/mol. The minimum atomic E-state index is -1.24. The zero-order valence-electron chi connectivity index (χ0n) is 72.6. The van der Waals surface area contributed by atoms with Crippen molar-refractivity contribution in [1.29, 1.82) is 5.41 Å². The van der Waals surface area contributed by atoms with Crippen molar-refractivity contribution in [3.8, 4) is 23.0 Å². The molecule has 0 atom stereocenters. The van der Waals surface area contributed by atoms with E-state index < -0.39 is 23.9 Å². The standard InChI is InChI=1S/4C19H15Cl2NO4.C7H17NO3.2C4H9N.C2H7N3.Cu/c4*1-10-13(8-18(23)24)14-7-17(26-2)15(21)9-16(14)22(10)19(25)11-3-5-12(20)6-4-11;8-7(1-4-9,2-5-10)3-6-11;2*1-2-4-5-3-1;3-1-2(4)5;/h4*3-7,9H,8H2,1-2H3,(H,23,24);9-11H,1-6,8H2;2*5H,1-4H2;1,3H2,(H3,4,5);/q;;;;;;;;+2/p-3. The maximum Gasteiger partial charge on any atom is 2.00 e. The van der Waals surface area contributed by atoms with Crippen molar-refractivity contribution in [2.45, 2.75) is 104 Å². The van der Waals surface area contributed by atoms with Gasteiger partial charge in [-0.05, 0) is 247 Å². The van der Waals surface area contributed by atoms with Gasteiger partial charge in [0.1, 0.15) is 34.4 Å². The predicted octanol–water partition coefficient (Wildman–Crippen LogP) is 10.7. The number of carbonyl (C=O) groups is 8. The molecule has 131 heavy (non-hydrogen) atoms. The van der Waals surface area contributed by atoms with Gasteiger partial charge in [0.15, 0.2) is 0 Å². The van der Waals surface area contributed by atoms with E-state index in [-0.39, 0.29) is 104 Å². The number of benzene rings is 8. The fourth-order valence-corrected chi connectivity index (χ4v) is 15.7. The van der Waals surface area contributed by atoms with Crippen LogP contribution in [-0.2, 0) is 61.9 Å². The largest absolute Gasteiger partial charge is 2.00 e. The van der Waals surface area contributed by atoms with Crippen LogP contribution in [-0.4, -0.2) is 173 Å². The topological polar surface area (TPSA) is 474 Å². The first-order valence-corrected chi connectivity index (χ1v) is 43.4. The van der Waals surface area contributed by atoms with E-state index in [9.17, 15) is 58.8 Å². The Morgan fingerprint density at radius 3 is 0.710 bits per heavy atom. The number of quaternary nitrogens is 1. The number of ether oxygens (including phenoxy) is 4. The first-order valence-electron chi connectivity index (χ1n) is 40.4. The minimum absolute atomic E-state index is 0. The van der Waals surface area contributed by atoms with Crippen LogP contribution in [0.15, 0.2) is 146 Å². The fourth-order valence-electron chi connectivity index (χ4n) is 14.3. The van der Waals surface area contributed by atoms with E-state index in [1.165, 1.54) is 98.6 Å². The Balaban J connectivity index is 0.000000245. The Bertz CT molecular complexity index is 5330. The van der Waals surface area contributed by atoms with Crippen molar-refractivity contribution in [3.63, 3.8) is 0 Å². The van der Waals surface area contributed by atoms with E-state index >= 15 is 0 Å². The number of aromatic nitrogens is 4. The second-order valence-corrected chi connectivity index (χ2v) is 33.0. The Morgan fingerprint density at radius 1 is 0.389 bits per heavy atom. The average Bonchev–Trinajstić information content (AvgIpc) is 1.62. The molecular formula is C93H99Cl8CuN10O19-. The third kappa shape index (κ3) is 29.4. The number of fused-ring (bicyclic) bond motifs is 4. The van der Waals surface area contributed by atoms with Gasteiger partial charge in [0.2, 0.25) is 0 Å². The zero-order valence-corrected chi connectivity index (χ0v) is 79.6. The normalized spacial score (nSPS) is 11.8. The van der Waals surface area contributed by atoms with Gasteiger partial charge in [0.25, 0.3) is 23.6 Å². The number of halogens is 8. The number of carboxylic acid groups (broad SMARTS) is 4. The Hall–Kier alpha value is -10.3. The number of carboxylic acids is 4. The third-order valence-electron chi connectivity index (χ3n) is 21.0. The summed E-state index contributed by atoms with van der Waals surface area (Å²) in [6.07, 6.45) is 5.86. The molecule has 38 heteroatoms. The predicted molar refractivity (Wildman–Crippen MR) is 498 cm³/mol. The Morgan fingerprint density at radius 2 is 0.573 bits per heavy atom. The van der Waals surface area contributed by atoms with E-state index in [4.69, 9.17) is 144 Å². The summed E-state index contributed by atoms with van der Waals surface area (Å²) < 4.78 is 26.7. The number of aliphatic hydroxyl groups is 3. The first kappa shape index (κ1) is 109. The van der Waals surface area contributed by atoms with Crippen LogP contribution in [0.1, 0.15) is 131 Å². The van der Waals surface area contributed by atoms with Crippen molar-refractivity contribution in [2.75, 3.05) is 81.0 Å². The summed E-state index contributed by atoms with van der Waals surface area (Å²) in [4.78, 5) is 96.9. The number of amidine groups is 1. The fraction of sp³-hybridized carbons (Fsp3) is 0.301. The Labute approximate surface area is 806 Å². The summed E-state index contributed by atoms with van der Waals surface area (Å²) in [5.41, 5.74) is 20.7. The molecule has 0 bridgehead atoms. The van der Waals surface area contributed by atoms with Crippen LogP contribution < -0.4 is 67.2 Å². The van der Waals surface area contributed by atoms with Crippen LogP contribution in [0.3, 0.4) is 0 Å². The van der Waals surface area contributed by atoms with E-state index in [2.05, 4.69) is 16.4 Å². The monoisotopic (exact) mass is 2000 g/mol. The van der Waals surface area contributed by atoms with Crippen molar-refractivity contribution in [3.05, 3.63) is 253 Å². The molecule has 2 fully saturated rings. The molecule has 14 rings (SSSR count). The van der Waals surface area contributed by atoms with E-state index in [0.29, 0.717) is 193 Å². The molecule has 29 nitrogen and oxygen atoms in total. The molecule has 2 aliphatic rings. The van der Waals surface area contributed by atoms with Gasteiger partial charge in [-0.2, -0.15) is 0 Å². The molecule has 0 saturated carbocycles. The SMILES string of the molecule is C1CCNC1.C1CCNC1.COc1cc2c(CC(=O)[O-])c(C)n(C(=O)c3ccc(Cl)cc3)c2cc1Cl.COc1cc2c(CC(=O)[O-])c(C)n(C(=O)c3ccc(Cl)cc3)c2cc1Cl.COc1cc2c(CC(=O)[O-])c(C)n(C(=O)c3ccc(Cl)cc3)c2cc1Cl.COc1cc2c(CC(=O)[O-])c(C)n(C(=O)c3ccc(Cl)cc3)c2cc1Cl.N=C(N)CN.[Cu+2].[NH3+]C(CCO)(CCO)CCO. The van der Waals surface area contributed by atoms with Crippen LogP contribution in [0.4, 0.5) is 0 Å². The van der Waals surface area contributed by atoms with Gasteiger partial charge in [-0.3, -0.25) is 42.9 Å². The summed E-state index contributed by atoms with van der Waals surface area (Å²) in [5, 5.41) is 89.2. The van der Waals surface area contributed by atoms with Gasteiger partial charge in [0, 0.05) is 175 Å². The van der Waals surface area contributed by atoms with Gasteiger partial charge >= 0.3 is 17.1 Å². The first-order chi connectivity index (χ1) is 61.8. The van der Waals surface area contributed by atoms with E-state index in [0.717, 1.165) is 0 Å². The van der Waals surface area contributed by atoms with E-state index in [1.54, 1.807) is 173 Å². The maximum atomic E-state index is 13.0. The number of nitrogens with one attached hydrogen (secondary N) is 3. The number of hydrogen-bond donors (Lipinski definition) is 9. The second-order valence-electron chi connectivity index (χ2n) is 29.6. The summed E-state index contributed by atoms with van der Waals surface area (Å²) in [6.45, 7) is 12.1. The van der Waals surface area contributed by atoms with E-state index in [1.807, 2.05) is 0 Å². The number of methoxy groups -OCH3 is 4. The molecule has 0 unspecified atom stereocenters. The molecule has 0 spiro atoms. The number of nitrogens with zero attached hydrogens (tertiary/aromatic N) is 4. The van der Waals surface area contributed by atoms with Crippen molar-refractivity contribution >= 4 is 190 Å². The molecule has 2 aliphatic heterocycles. The summed E-state index contributed by atoms with van der Waals surface area (Å²) in [7, 11) is 5.87. The Kier molecular flexibility index (Phi) is 43.6. The van der Waals surface area contributed by atoms with Crippen LogP contribution >= 0.6 is 92.8 Å². The van der Waals surface area contributed by atoms with Gasteiger partial charge in [-0.15, -0.1) is 0 Å². The van der Waals surface area contributed by atoms with Crippen molar-refractivity contribution < 1.29 is 116 Å². The second kappa shape index (κ2) is 52.2. The van der Waals surface area contributed by atoms with Gasteiger partial charge in [-0.1, -0.05) is 92.8 Å². The number of rotatable bonds is 23. The van der Waals surface area contributed by atoms with Crippen molar-refractivity contribution in [1.82, 2.24) is 28.9 Å². The summed E-state index contributed by atoms with van der Waals surface area (Å²) >= 11 is 48.4. The summed E-state index contributed by atoms with van der Waals surface area (Å²) in [6, 6.07) is 38.7. The summed E-state index contributed by atoms with van der Waals surface area (Å²) in [5.74, 6) is -4.56. The van der Waals surface area contributed by atoms with Gasteiger partial charge in [0.05, 0.1) is 77.1 Å². The number of hydrogen-bond acceptors (Lipinski definition) is 23. The van der Waals surface area contributed by atoms with Crippen LogP contribution in [0, 0.1) is 33.1 Å². The molecule has 6 heterocycles.